The molecule has 8 nitrogen and oxygen atoms in total. The Labute approximate surface area is 183 Å². The van der Waals surface area contributed by atoms with Crippen LogP contribution in [0.2, 0.25) is 0 Å². The standard InChI is InChI=1S/C20H24N6O2S2/c1-5-17-24-25-20(30-17)23-14-8-11(2)21-15(9-14)16-10-26(6-7-28-16)19(27)18-12(3)22-13(4)29-18/h8-9,16H,5-7,10H2,1-4H3,(H,21,23,25). The highest BCUT2D eigenvalue weighted by Gasteiger charge is 2.29. The van der Waals surface area contributed by atoms with Crippen molar-refractivity contribution in [3.63, 3.8) is 0 Å². The highest BCUT2D eigenvalue weighted by molar-refractivity contribution is 7.15. The summed E-state index contributed by atoms with van der Waals surface area (Å²) in [7, 11) is 0. The van der Waals surface area contributed by atoms with Gasteiger partial charge in [-0.15, -0.1) is 21.5 Å². The van der Waals surface area contributed by atoms with E-state index in [0.717, 1.165) is 44.3 Å². The fraction of sp³-hybridized carbons (Fsp3) is 0.450. The molecule has 0 radical (unpaired) electrons. The summed E-state index contributed by atoms with van der Waals surface area (Å²) >= 11 is 2.98. The quantitative estimate of drug-likeness (QED) is 0.639. The summed E-state index contributed by atoms with van der Waals surface area (Å²) in [5.74, 6) is 0.0124. The topological polar surface area (TPSA) is 93.1 Å². The van der Waals surface area contributed by atoms with E-state index in [2.05, 4.69) is 32.4 Å². The number of nitrogens with one attached hydrogen (secondary N) is 1. The predicted octanol–water partition coefficient (Wildman–Crippen LogP) is 3.83. The van der Waals surface area contributed by atoms with Crippen molar-refractivity contribution in [2.75, 3.05) is 25.0 Å². The summed E-state index contributed by atoms with van der Waals surface area (Å²) in [6, 6.07) is 3.92. The number of aryl methyl sites for hydroxylation is 4. The summed E-state index contributed by atoms with van der Waals surface area (Å²) in [6.45, 7) is 9.30. The molecule has 3 aromatic rings. The van der Waals surface area contributed by atoms with Crippen molar-refractivity contribution in [2.24, 2.45) is 0 Å². The molecule has 30 heavy (non-hydrogen) atoms. The van der Waals surface area contributed by atoms with Crippen LogP contribution in [-0.2, 0) is 11.2 Å². The van der Waals surface area contributed by atoms with Crippen LogP contribution in [0.5, 0.6) is 0 Å². The minimum Gasteiger partial charge on any atom is -0.368 e. The van der Waals surface area contributed by atoms with E-state index in [1.165, 1.54) is 22.7 Å². The van der Waals surface area contributed by atoms with Crippen LogP contribution in [0.25, 0.3) is 0 Å². The highest BCUT2D eigenvalue weighted by atomic mass is 32.1. The van der Waals surface area contributed by atoms with Crippen molar-refractivity contribution in [1.29, 1.82) is 0 Å². The molecule has 0 spiro atoms. The lowest BCUT2D eigenvalue weighted by atomic mass is 10.1. The number of hydrogen-bond acceptors (Lipinski definition) is 9. The van der Waals surface area contributed by atoms with Gasteiger partial charge in [-0.1, -0.05) is 18.3 Å². The second-order valence-corrected chi connectivity index (χ2v) is 9.42. The molecule has 0 saturated carbocycles. The van der Waals surface area contributed by atoms with E-state index in [1.807, 2.05) is 37.8 Å². The number of morpholine rings is 1. The number of pyridine rings is 1. The number of carbonyl (C=O) groups excluding carboxylic acids is 1. The Kier molecular flexibility index (Phi) is 6.07. The van der Waals surface area contributed by atoms with Gasteiger partial charge in [0.1, 0.15) is 16.0 Å². The second kappa shape index (κ2) is 8.75. The van der Waals surface area contributed by atoms with Crippen molar-refractivity contribution in [1.82, 2.24) is 25.1 Å². The number of thiazole rings is 1. The smallest absolute Gasteiger partial charge is 0.266 e. The zero-order chi connectivity index (χ0) is 21.3. The van der Waals surface area contributed by atoms with Crippen LogP contribution in [0, 0.1) is 20.8 Å². The summed E-state index contributed by atoms with van der Waals surface area (Å²) in [5.41, 5.74) is 3.34. The maximum atomic E-state index is 13.0. The fourth-order valence-electron chi connectivity index (χ4n) is 3.39. The maximum Gasteiger partial charge on any atom is 0.266 e. The van der Waals surface area contributed by atoms with E-state index in [0.29, 0.717) is 24.6 Å². The van der Waals surface area contributed by atoms with Gasteiger partial charge in [-0.05, 0) is 39.3 Å². The number of rotatable bonds is 5. The Hall–Kier alpha value is -2.43. The van der Waals surface area contributed by atoms with Crippen LogP contribution >= 0.6 is 22.7 Å². The lowest BCUT2D eigenvalue weighted by molar-refractivity contribution is -0.0246. The number of nitrogens with zero attached hydrogens (tertiary/aromatic N) is 5. The van der Waals surface area contributed by atoms with Crippen LogP contribution in [0.3, 0.4) is 0 Å². The summed E-state index contributed by atoms with van der Waals surface area (Å²) in [5, 5.41) is 14.3. The zero-order valence-corrected chi connectivity index (χ0v) is 19.1. The minimum atomic E-state index is -0.280. The molecule has 1 atom stereocenters. The monoisotopic (exact) mass is 444 g/mol. The van der Waals surface area contributed by atoms with Gasteiger partial charge in [0, 0.05) is 17.9 Å². The van der Waals surface area contributed by atoms with Gasteiger partial charge in [-0.25, -0.2) is 4.98 Å². The number of hydrogen-bond donors (Lipinski definition) is 1. The van der Waals surface area contributed by atoms with Gasteiger partial charge in [0.05, 0.1) is 29.5 Å². The van der Waals surface area contributed by atoms with Gasteiger partial charge in [0.25, 0.3) is 5.91 Å². The minimum absolute atomic E-state index is 0.0124. The van der Waals surface area contributed by atoms with Crippen molar-refractivity contribution in [3.8, 4) is 0 Å². The van der Waals surface area contributed by atoms with Gasteiger partial charge >= 0.3 is 0 Å². The maximum absolute atomic E-state index is 13.0. The first-order valence-corrected chi connectivity index (χ1v) is 11.5. The number of ether oxygens (including phenoxy) is 1. The van der Waals surface area contributed by atoms with Gasteiger partial charge < -0.3 is 15.0 Å². The van der Waals surface area contributed by atoms with E-state index in [1.54, 1.807) is 0 Å². The zero-order valence-electron chi connectivity index (χ0n) is 17.4. The Morgan fingerprint density at radius 1 is 1.23 bits per heavy atom. The van der Waals surface area contributed by atoms with Crippen LogP contribution in [0.1, 0.15) is 49.8 Å². The molecule has 1 N–H and O–H groups in total. The Morgan fingerprint density at radius 2 is 2.07 bits per heavy atom. The predicted molar refractivity (Wildman–Crippen MR) is 118 cm³/mol. The van der Waals surface area contributed by atoms with Crippen molar-refractivity contribution in [2.45, 2.75) is 40.2 Å². The Bertz CT molecular complexity index is 1060. The van der Waals surface area contributed by atoms with Crippen LogP contribution in [0.4, 0.5) is 10.8 Å². The Balaban J connectivity index is 1.52. The molecule has 4 heterocycles. The molecule has 0 bridgehead atoms. The first kappa shape index (κ1) is 20.8. The van der Waals surface area contributed by atoms with E-state index < -0.39 is 0 Å². The number of carbonyl (C=O) groups is 1. The molecule has 1 aliphatic heterocycles. The molecule has 1 unspecified atom stereocenters. The molecule has 158 valence electrons. The molecule has 3 aromatic heterocycles. The fourth-order valence-corrected chi connectivity index (χ4v) is 4.98. The first-order chi connectivity index (χ1) is 14.4. The van der Waals surface area contributed by atoms with Crippen molar-refractivity contribution < 1.29 is 9.53 Å². The molecule has 1 fully saturated rings. The number of amides is 1. The molecule has 1 aliphatic rings. The SMILES string of the molecule is CCc1nnc(Nc2cc(C)nc(C3CN(C(=O)c4sc(C)nc4C)CCO3)c2)s1. The third-order valence-electron chi connectivity index (χ3n) is 4.78. The van der Waals surface area contributed by atoms with E-state index in [9.17, 15) is 4.79 Å². The second-order valence-electron chi connectivity index (χ2n) is 7.16. The van der Waals surface area contributed by atoms with E-state index in [4.69, 9.17) is 4.74 Å². The van der Waals surface area contributed by atoms with Crippen molar-refractivity contribution >= 4 is 39.4 Å². The van der Waals surface area contributed by atoms with Gasteiger partial charge in [0.15, 0.2) is 0 Å². The van der Waals surface area contributed by atoms with Gasteiger partial charge in [-0.2, -0.15) is 0 Å². The third kappa shape index (κ3) is 4.50. The van der Waals surface area contributed by atoms with Crippen molar-refractivity contribution in [3.05, 3.63) is 44.1 Å². The van der Waals surface area contributed by atoms with E-state index >= 15 is 0 Å². The Morgan fingerprint density at radius 3 is 2.77 bits per heavy atom. The van der Waals surface area contributed by atoms with Crippen LogP contribution in [0.15, 0.2) is 12.1 Å². The van der Waals surface area contributed by atoms with Crippen LogP contribution < -0.4 is 5.32 Å². The third-order valence-corrected chi connectivity index (χ3v) is 6.82. The molecule has 1 amide bonds. The molecular formula is C20H24N6O2S2. The molecule has 10 heteroatoms. The molecule has 1 saturated heterocycles. The lowest BCUT2D eigenvalue weighted by Gasteiger charge is -2.32. The van der Waals surface area contributed by atoms with Gasteiger partial charge in [0.2, 0.25) is 5.13 Å². The summed E-state index contributed by atoms with van der Waals surface area (Å²) < 4.78 is 5.98. The van der Waals surface area contributed by atoms with Gasteiger partial charge in [-0.3, -0.25) is 9.78 Å². The average molecular weight is 445 g/mol. The average Bonchev–Trinajstić information content (AvgIpc) is 3.32. The van der Waals surface area contributed by atoms with Crippen LogP contribution in [-0.4, -0.2) is 50.7 Å². The highest BCUT2D eigenvalue weighted by Crippen LogP contribution is 2.28. The largest absolute Gasteiger partial charge is 0.368 e. The van der Waals surface area contributed by atoms with E-state index in [-0.39, 0.29) is 12.0 Å². The normalized spacial score (nSPS) is 16.7. The molecule has 4 rings (SSSR count). The summed E-state index contributed by atoms with van der Waals surface area (Å²) in [6.07, 6.45) is 0.580. The summed E-state index contributed by atoms with van der Waals surface area (Å²) in [4.78, 5) is 24.6. The molecular weight excluding hydrogens is 420 g/mol. The lowest BCUT2D eigenvalue weighted by Crippen LogP contribution is -2.42. The first-order valence-electron chi connectivity index (χ1n) is 9.85. The number of aromatic nitrogens is 4. The molecule has 0 aromatic carbocycles. The number of anilines is 2. The molecule has 0 aliphatic carbocycles.